The van der Waals surface area contributed by atoms with Gasteiger partial charge < -0.3 is 11.1 Å². The van der Waals surface area contributed by atoms with E-state index in [4.69, 9.17) is 5.73 Å². The van der Waals surface area contributed by atoms with Crippen LogP contribution >= 0.6 is 11.3 Å². The third kappa shape index (κ3) is 5.55. The van der Waals surface area contributed by atoms with Crippen LogP contribution in [0.4, 0.5) is 0 Å². The second-order valence-electron chi connectivity index (χ2n) is 4.85. The van der Waals surface area contributed by atoms with Gasteiger partial charge in [0.25, 0.3) is 0 Å². The highest BCUT2D eigenvalue weighted by atomic mass is 32.1. The SMILES string of the molecule is CCCNC(N)=NCc1csc(CCc2ccccc2)n1. The van der Waals surface area contributed by atoms with Gasteiger partial charge in [-0.3, -0.25) is 0 Å². The standard InChI is InChI=1S/C16H22N4S/c1-2-10-18-16(17)19-11-14-12-21-15(20-14)9-8-13-6-4-3-5-7-13/h3-7,12H,2,8-11H2,1H3,(H3,17,18,19). The molecular weight excluding hydrogens is 280 g/mol. The number of rotatable bonds is 7. The van der Waals surface area contributed by atoms with Crippen LogP contribution < -0.4 is 11.1 Å². The van der Waals surface area contributed by atoms with Gasteiger partial charge in [0.05, 0.1) is 17.2 Å². The molecular formula is C16H22N4S. The molecule has 1 heterocycles. The summed E-state index contributed by atoms with van der Waals surface area (Å²) in [6.45, 7) is 3.50. The zero-order valence-electron chi connectivity index (χ0n) is 12.4. The average Bonchev–Trinajstić information content (AvgIpc) is 2.98. The first-order valence-corrected chi connectivity index (χ1v) is 8.17. The molecule has 1 aromatic heterocycles. The van der Waals surface area contributed by atoms with E-state index in [0.717, 1.165) is 36.5 Å². The largest absolute Gasteiger partial charge is 0.370 e. The first-order chi connectivity index (χ1) is 10.3. The molecule has 0 radical (unpaired) electrons. The van der Waals surface area contributed by atoms with Crippen molar-refractivity contribution in [1.29, 1.82) is 0 Å². The topological polar surface area (TPSA) is 63.3 Å². The van der Waals surface area contributed by atoms with Crippen LogP contribution in [0.1, 0.15) is 29.6 Å². The molecule has 0 saturated carbocycles. The Balaban J connectivity index is 1.81. The van der Waals surface area contributed by atoms with E-state index in [9.17, 15) is 0 Å². The Hall–Kier alpha value is -1.88. The minimum absolute atomic E-state index is 0.496. The van der Waals surface area contributed by atoms with Gasteiger partial charge in [0, 0.05) is 18.3 Å². The first kappa shape index (κ1) is 15.5. The lowest BCUT2D eigenvalue weighted by Crippen LogP contribution is -2.32. The van der Waals surface area contributed by atoms with Crippen molar-refractivity contribution in [1.82, 2.24) is 10.3 Å². The van der Waals surface area contributed by atoms with Gasteiger partial charge >= 0.3 is 0 Å². The van der Waals surface area contributed by atoms with Crippen molar-refractivity contribution in [2.24, 2.45) is 10.7 Å². The molecule has 0 fully saturated rings. The highest BCUT2D eigenvalue weighted by Gasteiger charge is 2.02. The molecule has 3 N–H and O–H groups in total. The number of nitrogens with zero attached hydrogens (tertiary/aromatic N) is 2. The molecule has 0 unspecified atom stereocenters. The van der Waals surface area contributed by atoms with Crippen LogP contribution in [0.2, 0.25) is 0 Å². The molecule has 0 bridgehead atoms. The molecule has 0 atom stereocenters. The fourth-order valence-electron chi connectivity index (χ4n) is 1.91. The van der Waals surface area contributed by atoms with E-state index < -0.39 is 0 Å². The second-order valence-corrected chi connectivity index (χ2v) is 5.79. The zero-order valence-corrected chi connectivity index (χ0v) is 13.2. The third-order valence-corrected chi connectivity index (χ3v) is 3.99. The summed E-state index contributed by atoms with van der Waals surface area (Å²) in [5, 5.41) is 6.28. The summed E-state index contributed by atoms with van der Waals surface area (Å²) < 4.78 is 0. The lowest BCUT2D eigenvalue weighted by atomic mass is 10.1. The summed E-state index contributed by atoms with van der Waals surface area (Å²) in [6.07, 6.45) is 3.04. The molecule has 2 aromatic rings. The van der Waals surface area contributed by atoms with Crippen LogP contribution in [-0.4, -0.2) is 17.5 Å². The molecule has 0 aliphatic carbocycles. The number of benzene rings is 1. The number of nitrogens with one attached hydrogen (secondary N) is 1. The molecule has 1 aromatic carbocycles. The number of aliphatic imine (C=N–C) groups is 1. The number of aromatic nitrogens is 1. The molecule has 0 spiro atoms. The van der Waals surface area contributed by atoms with E-state index in [0.29, 0.717) is 12.5 Å². The van der Waals surface area contributed by atoms with Crippen molar-refractivity contribution in [3.05, 3.63) is 52.0 Å². The summed E-state index contributed by atoms with van der Waals surface area (Å²) in [7, 11) is 0. The first-order valence-electron chi connectivity index (χ1n) is 7.29. The fourth-order valence-corrected chi connectivity index (χ4v) is 2.70. The van der Waals surface area contributed by atoms with Gasteiger partial charge in [-0.2, -0.15) is 0 Å². The molecule has 21 heavy (non-hydrogen) atoms. The highest BCUT2D eigenvalue weighted by Crippen LogP contribution is 2.13. The van der Waals surface area contributed by atoms with Gasteiger partial charge in [0.1, 0.15) is 0 Å². The van der Waals surface area contributed by atoms with Crippen molar-refractivity contribution in [2.45, 2.75) is 32.7 Å². The molecule has 4 nitrogen and oxygen atoms in total. The van der Waals surface area contributed by atoms with Crippen molar-refractivity contribution < 1.29 is 0 Å². The predicted molar refractivity (Wildman–Crippen MR) is 89.6 cm³/mol. The maximum atomic E-state index is 5.76. The summed E-state index contributed by atoms with van der Waals surface area (Å²) in [4.78, 5) is 8.90. The summed E-state index contributed by atoms with van der Waals surface area (Å²) in [5.41, 5.74) is 8.10. The molecule has 0 amide bonds. The van der Waals surface area contributed by atoms with Gasteiger partial charge in [-0.1, -0.05) is 37.3 Å². The smallest absolute Gasteiger partial charge is 0.188 e. The van der Waals surface area contributed by atoms with Crippen molar-refractivity contribution in [3.8, 4) is 0 Å². The monoisotopic (exact) mass is 302 g/mol. The normalized spacial score (nSPS) is 11.6. The van der Waals surface area contributed by atoms with Crippen molar-refractivity contribution >= 4 is 17.3 Å². The predicted octanol–water partition coefficient (Wildman–Crippen LogP) is 2.74. The highest BCUT2D eigenvalue weighted by molar-refractivity contribution is 7.09. The Kier molecular flexibility index (Phi) is 6.22. The van der Waals surface area contributed by atoms with Gasteiger partial charge in [-0.05, 0) is 18.4 Å². The Bertz CT molecular complexity index is 563. The Morgan fingerprint density at radius 2 is 2.10 bits per heavy atom. The lowest BCUT2D eigenvalue weighted by molar-refractivity contribution is 0.822. The summed E-state index contributed by atoms with van der Waals surface area (Å²) in [5.74, 6) is 0.496. The number of hydrogen-bond acceptors (Lipinski definition) is 3. The van der Waals surface area contributed by atoms with Gasteiger partial charge in [0.15, 0.2) is 5.96 Å². The molecule has 0 saturated heterocycles. The second kappa shape index (κ2) is 8.42. The number of guanidine groups is 1. The third-order valence-electron chi connectivity index (χ3n) is 3.04. The van der Waals surface area contributed by atoms with E-state index in [1.165, 1.54) is 5.56 Å². The van der Waals surface area contributed by atoms with Crippen LogP contribution in [0.5, 0.6) is 0 Å². The Morgan fingerprint density at radius 1 is 1.29 bits per heavy atom. The maximum Gasteiger partial charge on any atom is 0.188 e. The van der Waals surface area contributed by atoms with Crippen LogP contribution in [0, 0.1) is 0 Å². The quantitative estimate of drug-likeness (QED) is 0.610. The molecule has 0 aliphatic rings. The number of nitrogens with two attached hydrogens (primary N) is 1. The number of aryl methyl sites for hydroxylation is 2. The average molecular weight is 302 g/mol. The van der Waals surface area contributed by atoms with Gasteiger partial charge in [0.2, 0.25) is 0 Å². The van der Waals surface area contributed by atoms with E-state index in [-0.39, 0.29) is 0 Å². The zero-order chi connectivity index (χ0) is 14.9. The van der Waals surface area contributed by atoms with E-state index in [1.807, 2.05) is 6.07 Å². The van der Waals surface area contributed by atoms with E-state index in [2.05, 4.69) is 51.9 Å². The van der Waals surface area contributed by atoms with Crippen molar-refractivity contribution in [2.75, 3.05) is 6.54 Å². The lowest BCUT2D eigenvalue weighted by Gasteiger charge is -2.02. The number of thiazole rings is 1. The summed E-state index contributed by atoms with van der Waals surface area (Å²) in [6, 6.07) is 10.5. The molecule has 0 aliphatic heterocycles. The Morgan fingerprint density at radius 3 is 2.86 bits per heavy atom. The van der Waals surface area contributed by atoms with Crippen LogP contribution in [0.3, 0.4) is 0 Å². The fraction of sp³-hybridized carbons (Fsp3) is 0.375. The molecule has 5 heteroatoms. The van der Waals surface area contributed by atoms with Crippen LogP contribution in [-0.2, 0) is 19.4 Å². The van der Waals surface area contributed by atoms with Gasteiger partial charge in [-0.25, -0.2) is 9.98 Å². The van der Waals surface area contributed by atoms with Crippen LogP contribution in [0.15, 0.2) is 40.7 Å². The summed E-state index contributed by atoms with van der Waals surface area (Å²) >= 11 is 1.70. The molecule has 112 valence electrons. The van der Waals surface area contributed by atoms with E-state index >= 15 is 0 Å². The number of hydrogen-bond donors (Lipinski definition) is 2. The molecule has 2 rings (SSSR count). The van der Waals surface area contributed by atoms with Crippen molar-refractivity contribution in [3.63, 3.8) is 0 Å². The van der Waals surface area contributed by atoms with E-state index in [1.54, 1.807) is 11.3 Å². The van der Waals surface area contributed by atoms with Crippen LogP contribution in [0.25, 0.3) is 0 Å². The maximum absolute atomic E-state index is 5.76. The Labute approximate surface area is 130 Å². The minimum atomic E-state index is 0.496. The minimum Gasteiger partial charge on any atom is -0.370 e. The van der Waals surface area contributed by atoms with Gasteiger partial charge in [-0.15, -0.1) is 11.3 Å².